The summed E-state index contributed by atoms with van der Waals surface area (Å²) in [7, 11) is 0. The van der Waals surface area contributed by atoms with Crippen LogP contribution >= 0.6 is 11.6 Å². The van der Waals surface area contributed by atoms with E-state index < -0.39 is 23.6 Å². The summed E-state index contributed by atoms with van der Waals surface area (Å²) in [6.07, 6.45) is -5.90. The van der Waals surface area contributed by atoms with Gasteiger partial charge in [-0.15, -0.1) is 0 Å². The van der Waals surface area contributed by atoms with Crippen molar-refractivity contribution >= 4 is 11.6 Å². The lowest BCUT2D eigenvalue weighted by molar-refractivity contribution is -0.137. The molecule has 0 aliphatic carbocycles. The van der Waals surface area contributed by atoms with Gasteiger partial charge in [0, 0.05) is 12.1 Å². The number of aromatic hydroxyl groups is 1. The van der Waals surface area contributed by atoms with Crippen LogP contribution < -0.4 is 5.73 Å². The zero-order chi connectivity index (χ0) is 12.5. The summed E-state index contributed by atoms with van der Waals surface area (Å²) in [6.45, 7) is -0.251. The summed E-state index contributed by atoms with van der Waals surface area (Å²) in [5, 5.41) is 18.3. The molecule has 1 rings (SSSR count). The summed E-state index contributed by atoms with van der Waals surface area (Å²) in [5.41, 5.74) is 3.85. The van der Waals surface area contributed by atoms with Crippen LogP contribution in [0.2, 0.25) is 5.02 Å². The van der Waals surface area contributed by atoms with Gasteiger partial charge in [-0.3, -0.25) is 0 Å². The standard InChI is InChI=1S/C9H9ClF3NO2/c10-5-1-4(9(11,12)13)2-6(15)8(5)7(16)3-14/h1-2,7,15-16H,3,14H2. The van der Waals surface area contributed by atoms with Gasteiger partial charge in [-0.2, -0.15) is 13.2 Å². The second-order valence-electron chi connectivity index (χ2n) is 3.14. The molecule has 90 valence electrons. The van der Waals surface area contributed by atoms with Gasteiger partial charge in [0.2, 0.25) is 0 Å². The van der Waals surface area contributed by atoms with E-state index in [1.165, 1.54) is 0 Å². The molecule has 0 spiro atoms. The Morgan fingerprint density at radius 3 is 2.31 bits per heavy atom. The first-order valence-corrected chi connectivity index (χ1v) is 4.63. The Labute approximate surface area is 94.3 Å². The molecule has 1 aromatic carbocycles. The molecule has 16 heavy (non-hydrogen) atoms. The second-order valence-corrected chi connectivity index (χ2v) is 3.55. The minimum atomic E-state index is -4.60. The van der Waals surface area contributed by atoms with Crippen LogP contribution in [0.3, 0.4) is 0 Å². The third kappa shape index (κ3) is 2.58. The predicted octanol–water partition coefficient (Wildman–Crippen LogP) is 2.06. The molecule has 0 saturated carbocycles. The van der Waals surface area contributed by atoms with Gasteiger partial charge in [-0.1, -0.05) is 11.6 Å². The molecular weight excluding hydrogens is 247 g/mol. The van der Waals surface area contributed by atoms with Gasteiger partial charge >= 0.3 is 6.18 Å². The number of aliphatic hydroxyl groups is 1. The molecule has 1 atom stereocenters. The SMILES string of the molecule is NCC(O)c1c(O)cc(C(F)(F)F)cc1Cl. The maximum atomic E-state index is 12.3. The average Bonchev–Trinajstić information content (AvgIpc) is 2.14. The monoisotopic (exact) mass is 255 g/mol. The van der Waals surface area contributed by atoms with Crippen molar-refractivity contribution in [2.24, 2.45) is 5.73 Å². The Kier molecular flexibility index (Phi) is 3.67. The lowest BCUT2D eigenvalue weighted by Crippen LogP contribution is -2.13. The largest absolute Gasteiger partial charge is 0.507 e. The van der Waals surface area contributed by atoms with Gasteiger partial charge in [0.05, 0.1) is 16.7 Å². The Balaban J connectivity index is 3.28. The molecule has 0 heterocycles. The lowest BCUT2D eigenvalue weighted by Gasteiger charge is -2.15. The molecule has 1 aromatic rings. The minimum absolute atomic E-state index is 0.197. The maximum absolute atomic E-state index is 12.3. The van der Waals surface area contributed by atoms with Crippen molar-refractivity contribution < 1.29 is 23.4 Å². The molecule has 0 bridgehead atoms. The van der Waals surface area contributed by atoms with E-state index in [1.54, 1.807) is 0 Å². The number of benzene rings is 1. The van der Waals surface area contributed by atoms with E-state index in [-0.39, 0.29) is 17.1 Å². The van der Waals surface area contributed by atoms with Crippen molar-refractivity contribution in [3.63, 3.8) is 0 Å². The highest BCUT2D eigenvalue weighted by Gasteiger charge is 2.32. The third-order valence-corrected chi connectivity index (χ3v) is 2.30. The van der Waals surface area contributed by atoms with E-state index in [9.17, 15) is 23.4 Å². The van der Waals surface area contributed by atoms with Crippen LogP contribution in [-0.4, -0.2) is 16.8 Å². The molecule has 0 amide bonds. The van der Waals surface area contributed by atoms with Crippen LogP contribution in [0.1, 0.15) is 17.2 Å². The van der Waals surface area contributed by atoms with Crippen LogP contribution in [-0.2, 0) is 6.18 Å². The molecule has 1 unspecified atom stereocenters. The predicted molar refractivity (Wildman–Crippen MR) is 52.1 cm³/mol. The van der Waals surface area contributed by atoms with Crippen molar-refractivity contribution in [1.29, 1.82) is 0 Å². The lowest BCUT2D eigenvalue weighted by atomic mass is 10.0. The van der Waals surface area contributed by atoms with Gasteiger partial charge in [0.25, 0.3) is 0 Å². The average molecular weight is 256 g/mol. The first-order chi connectivity index (χ1) is 7.27. The number of phenolic OH excluding ortho intramolecular Hbond substituents is 1. The highest BCUT2D eigenvalue weighted by atomic mass is 35.5. The van der Waals surface area contributed by atoms with Gasteiger partial charge in [0.1, 0.15) is 5.75 Å². The fourth-order valence-electron chi connectivity index (χ4n) is 1.21. The molecule has 3 nitrogen and oxygen atoms in total. The second kappa shape index (κ2) is 4.48. The Morgan fingerprint density at radius 1 is 1.38 bits per heavy atom. The van der Waals surface area contributed by atoms with E-state index in [2.05, 4.69) is 0 Å². The molecule has 0 aliphatic rings. The Bertz CT molecular complexity index is 372. The van der Waals surface area contributed by atoms with Crippen LogP contribution in [0.15, 0.2) is 12.1 Å². The van der Waals surface area contributed by atoms with E-state index >= 15 is 0 Å². The van der Waals surface area contributed by atoms with Crippen molar-refractivity contribution in [3.05, 3.63) is 28.3 Å². The summed E-state index contributed by atoms with van der Waals surface area (Å²) in [5.74, 6) is -0.724. The summed E-state index contributed by atoms with van der Waals surface area (Å²) in [4.78, 5) is 0. The minimum Gasteiger partial charge on any atom is -0.507 e. The quantitative estimate of drug-likeness (QED) is 0.758. The maximum Gasteiger partial charge on any atom is 0.416 e. The summed E-state index contributed by atoms with van der Waals surface area (Å²) in [6, 6.07) is 1.13. The molecule has 0 aliphatic heterocycles. The Hall–Kier alpha value is -0.980. The molecule has 4 N–H and O–H groups in total. The molecule has 0 fully saturated rings. The summed E-state index contributed by atoms with van der Waals surface area (Å²) >= 11 is 5.54. The van der Waals surface area contributed by atoms with E-state index in [0.29, 0.717) is 12.1 Å². The molecule has 7 heteroatoms. The normalized spacial score (nSPS) is 13.9. The number of hydrogen-bond acceptors (Lipinski definition) is 3. The first-order valence-electron chi connectivity index (χ1n) is 4.25. The van der Waals surface area contributed by atoms with Crippen molar-refractivity contribution in [2.75, 3.05) is 6.54 Å². The van der Waals surface area contributed by atoms with Crippen LogP contribution in [0.5, 0.6) is 5.75 Å². The van der Waals surface area contributed by atoms with Crippen molar-refractivity contribution in [2.45, 2.75) is 12.3 Å². The molecular formula is C9H9ClF3NO2. The topological polar surface area (TPSA) is 66.5 Å². The molecule has 0 radical (unpaired) electrons. The number of hydrogen-bond donors (Lipinski definition) is 3. The van der Waals surface area contributed by atoms with Crippen molar-refractivity contribution in [3.8, 4) is 5.75 Å². The van der Waals surface area contributed by atoms with Gasteiger partial charge in [-0.25, -0.2) is 0 Å². The highest BCUT2D eigenvalue weighted by Crippen LogP contribution is 2.38. The van der Waals surface area contributed by atoms with Crippen molar-refractivity contribution in [1.82, 2.24) is 0 Å². The summed E-state index contributed by atoms with van der Waals surface area (Å²) < 4.78 is 36.9. The fraction of sp³-hybridized carbons (Fsp3) is 0.333. The number of rotatable bonds is 2. The number of phenols is 1. The molecule has 0 saturated heterocycles. The number of aliphatic hydroxyl groups excluding tert-OH is 1. The molecule has 0 aromatic heterocycles. The van der Waals surface area contributed by atoms with Gasteiger partial charge in [-0.05, 0) is 12.1 Å². The zero-order valence-electron chi connectivity index (χ0n) is 7.92. The number of alkyl halides is 3. The fourth-order valence-corrected chi connectivity index (χ4v) is 1.56. The van der Waals surface area contributed by atoms with E-state index in [1.807, 2.05) is 0 Å². The van der Waals surface area contributed by atoms with E-state index in [4.69, 9.17) is 17.3 Å². The van der Waals surface area contributed by atoms with Gasteiger partial charge < -0.3 is 15.9 Å². The first kappa shape index (κ1) is 13.1. The Morgan fingerprint density at radius 2 is 1.94 bits per heavy atom. The number of halogens is 4. The van der Waals surface area contributed by atoms with Crippen LogP contribution in [0.4, 0.5) is 13.2 Å². The smallest absolute Gasteiger partial charge is 0.416 e. The van der Waals surface area contributed by atoms with Gasteiger partial charge in [0.15, 0.2) is 0 Å². The van der Waals surface area contributed by atoms with Crippen LogP contribution in [0, 0.1) is 0 Å². The number of nitrogens with two attached hydrogens (primary N) is 1. The zero-order valence-corrected chi connectivity index (χ0v) is 8.68. The van der Waals surface area contributed by atoms with E-state index in [0.717, 1.165) is 0 Å². The highest BCUT2D eigenvalue weighted by molar-refractivity contribution is 6.31. The van der Waals surface area contributed by atoms with Crippen LogP contribution in [0.25, 0.3) is 0 Å². The third-order valence-electron chi connectivity index (χ3n) is 1.99.